The van der Waals surface area contributed by atoms with Crippen molar-refractivity contribution < 1.29 is 13.0 Å². The van der Waals surface area contributed by atoms with E-state index in [9.17, 15) is 8.42 Å². The van der Waals surface area contributed by atoms with Crippen LogP contribution in [0, 0.1) is 0 Å². The summed E-state index contributed by atoms with van der Waals surface area (Å²) in [6, 6.07) is 8.55. The summed E-state index contributed by atoms with van der Waals surface area (Å²) in [5, 5.41) is 0. The van der Waals surface area contributed by atoms with Crippen LogP contribution >= 0.6 is 9.06 Å². The lowest BCUT2D eigenvalue weighted by Gasteiger charge is -2.30. The van der Waals surface area contributed by atoms with Gasteiger partial charge in [0.15, 0.2) is 0 Å². The highest BCUT2D eigenvalue weighted by atomic mass is 33.2. The minimum absolute atomic E-state index is 0.0736. The summed E-state index contributed by atoms with van der Waals surface area (Å²) >= 11 is 0. The second-order valence-corrected chi connectivity index (χ2v) is 10.1. The number of hydrogen-bond acceptors (Lipinski definition) is 3. The Morgan fingerprint density at radius 1 is 1.29 bits per heavy atom. The lowest BCUT2D eigenvalue weighted by atomic mass is 10.4. The zero-order valence-corrected chi connectivity index (χ0v) is 9.38. The van der Waals surface area contributed by atoms with Gasteiger partial charge in [-0.3, -0.25) is 4.55 Å². The number of benzene rings is 1. The first-order valence-corrected chi connectivity index (χ1v) is 8.07. The minimum Gasteiger partial charge on any atom is -0.322 e. The molecule has 4 nitrogen and oxygen atoms in total. The van der Waals surface area contributed by atoms with Crippen LogP contribution in [-0.2, 0) is 9.15 Å². The van der Waals surface area contributed by atoms with E-state index < -0.39 is 18.2 Å². The van der Waals surface area contributed by atoms with Crippen LogP contribution in [0.25, 0.3) is 0 Å². The van der Waals surface area contributed by atoms with Crippen molar-refractivity contribution in [3.05, 3.63) is 30.3 Å². The van der Waals surface area contributed by atoms with Crippen LogP contribution in [0.3, 0.4) is 0 Å². The van der Waals surface area contributed by atoms with Gasteiger partial charge in [0.25, 0.3) is 0 Å². The van der Waals surface area contributed by atoms with E-state index in [-0.39, 0.29) is 5.88 Å². The zero-order valence-electron chi connectivity index (χ0n) is 7.75. The van der Waals surface area contributed by atoms with Crippen molar-refractivity contribution in [3.8, 4) is 0 Å². The molecule has 80 valence electrons. The predicted octanol–water partition coefficient (Wildman–Crippen LogP) is 1.20. The quantitative estimate of drug-likeness (QED) is 0.609. The Labute approximate surface area is 84.6 Å². The third-order valence-corrected chi connectivity index (χ3v) is 8.63. The SMILES string of the molecule is CS(CN)(c1ccccc1)S(=O)(=O)O. The lowest BCUT2D eigenvalue weighted by molar-refractivity contribution is 0.501. The molecule has 14 heavy (non-hydrogen) atoms. The molecule has 0 aliphatic carbocycles. The molecule has 3 N–H and O–H groups in total. The summed E-state index contributed by atoms with van der Waals surface area (Å²) in [6.45, 7) is 0. The third kappa shape index (κ3) is 1.93. The summed E-state index contributed by atoms with van der Waals surface area (Å²) in [6.07, 6.45) is 1.48. The molecule has 0 amide bonds. The van der Waals surface area contributed by atoms with Gasteiger partial charge >= 0.3 is 9.15 Å². The molecule has 0 aromatic heterocycles. The van der Waals surface area contributed by atoms with E-state index in [2.05, 4.69) is 0 Å². The van der Waals surface area contributed by atoms with E-state index in [1.54, 1.807) is 30.3 Å². The molecule has 0 radical (unpaired) electrons. The minimum atomic E-state index is -4.11. The van der Waals surface area contributed by atoms with Gasteiger partial charge in [-0.1, -0.05) is 27.3 Å². The topological polar surface area (TPSA) is 80.4 Å². The molecule has 1 aromatic rings. The van der Waals surface area contributed by atoms with Crippen LogP contribution < -0.4 is 5.73 Å². The molecule has 0 spiro atoms. The molecule has 0 aliphatic heterocycles. The molecule has 0 fully saturated rings. The van der Waals surface area contributed by atoms with Gasteiger partial charge in [0.05, 0.1) is 0 Å². The van der Waals surface area contributed by atoms with Crippen LogP contribution in [0.15, 0.2) is 35.2 Å². The highest BCUT2D eigenvalue weighted by Gasteiger charge is 2.32. The average molecular weight is 235 g/mol. The first kappa shape index (κ1) is 11.5. The molecular weight excluding hydrogens is 222 g/mol. The second kappa shape index (κ2) is 3.90. The Hall–Kier alpha value is -0.560. The molecule has 0 saturated carbocycles. The molecule has 1 rings (SSSR count). The van der Waals surface area contributed by atoms with Crippen molar-refractivity contribution in [1.29, 1.82) is 0 Å². The van der Waals surface area contributed by atoms with E-state index in [0.29, 0.717) is 4.90 Å². The monoisotopic (exact) mass is 235 g/mol. The molecule has 0 heterocycles. The maximum Gasteiger partial charge on any atom is 0.307 e. The smallest absolute Gasteiger partial charge is 0.307 e. The summed E-state index contributed by atoms with van der Waals surface area (Å²) in [5.74, 6) is -0.0736. The number of hydrogen-bond donors (Lipinski definition) is 2. The van der Waals surface area contributed by atoms with Gasteiger partial charge < -0.3 is 5.73 Å². The van der Waals surface area contributed by atoms with Crippen LogP contribution in [0.4, 0.5) is 0 Å². The molecule has 0 saturated heterocycles. The van der Waals surface area contributed by atoms with E-state index in [1.165, 1.54) is 6.26 Å². The Morgan fingerprint density at radius 2 is 1.79 bits per heavy atom. The molecule has 1 unspecified atom stereocenters. The third-order valence-electron chi connectivity index (χ3n) is 2.02. The summed E-state index contributed by atoms with van der Waals surface area (Å²) < 4.78 is 31.5. The van der Waals surface area contributed by atoms with Crippen LogP contribution in [0.1, 0.15) is 0 Å². The van der Waals surface area contributed by atoms with Crippen molar-refractivity contribution >= 4 is 18.2 Å². The Morgan fingerprint density at radius 3 is 2.14 bits per heavy atom. The second-order valence-electron chi connectivity index (χ2n) is 2.91. The summed E-state index contributed by atoms with van der Waals surface area (Å²) in [7, 11) is -6.48. The van der Waals surface area contributed by atoms with Crippen LogP contribution in [0.2, 0.25) is 0 Å². The van der Waals surface area contributed by atoms with Crippen LogP contribution in [-0.4, -0.2) is 25.1 Å². The largest absolute Gasteiger partial charge is 0.322 e. The molecule has 0 bridgehead atoms. The number of rotatable bonds is 3. The lowest BCUT2D eigenvalue weighted by Crippen LogP contribution is -2.19. The fraction of sp³-hybridized carbons (Fsp3) is 0.250. The molecule has 1 atom stereocenters. The summed E-state index contributed by atoms with van der Waals surface area (Å²) in [4.78, 5) is 0.574. The van der Waals surface area contributed by atoms with Gasteiger partial charge in [0.1, 0.15) is 0 Å². The van der Waals surface area contributed by atoms with Crippen molar-refractivity contribution in [2.45, 2.75) is 4.90 Å². The first-order valence-electron chi connectivity index (χ1n) is 3.90. The highest BCUT2D eigenvalue weighted by molar-refractivity contribution is 8.88. The fourth-order valence-electron chi connectivity index (χ4n) is 1.01. The van der Waals surface area contributed by atoms with Crippen molar-refractivity contribution in [1.82, 2.24) is 0 Å². The van der Waals surface area contributed by atoms with Gasteiger partial charge in [0, 0.05) is 10.8 Å². The van der Waals surface area contributed by atoms with Gasteiger partial charge in [-0.25, -0.2) is 0 Å². The molecule has 0 aliphatic rings. The van der Waals surface area contributed by atoms with Crippen molar-refractivity contribution in [2.75, 3.05) is 12.1 Å². The Balaban J connectivity index is 3.30. The fourth-order valence-corrected chi connectivity index (χ4v) is 3.93. The van der Waals surface area contributed by atoms with Crippen molar-refractivity contribution in [2.24, 2.45) is 5.73 Å². The van der Waals surface area contributed by atoms with E-state index in [0.717, 1.165) is 0 Å². The zero-order chi connectivity index (χ0) is 10.8. The Bertz CT molecular complexity index is 404. The van der Waals surface area contributed by atoms with Gasteiger partial charge in [-0.05, 0) is 18.4 Å². The maximum absolute atomic E-state index is 11.2. The normalized spacial score (nSPS) is 18.5. The first-order chi connectivity index (χ1) is 6.42. The predicted molar refractivity (Wildman–Crippen MR) is 58.8 cm³/mol. The van der Waals surface area contributed by atoms with Gasteiger partial charge in [0.2, 0.25) is 0 Å². The van der Waals surface area contributed by atoms with Crippen molar-refractivity contribution in [3.63, 3.8) is 0 Å². The highest BCUT2D eigenvalue weighted by Crippen LogP contribution is 2.55. The standard InChI is InChI=1S/C8H13NO3S2/c1-13(7-9,14(10,11)12)8-5-3-2-4-6-8/h2-6H,7,9H2,1H3,(H,10,11,12). The average Bonchev–Trinajstić information content (AvgIpc) is 2.16. The van der Waals surface area contributed by atoms with Gasteiger partial charge in [-0.2, -0.15) is 8.42 Å². The summed E-state index contributed by atoms with van der Waals surface area (Å²) in [5.41, 5.74) is 5.42. The maximum atomic E-state index is 11.2. The molecule has 6 heteroatoms. The Kier molecular flexibility index (Phi) is 3.20. The van der Waals surface area contributed by atoms with E-state index in [1.807, 2.05) is 0 Å². The van der Waals surface area contributed by atoms with Gasteiger partial charge in [-0.15, -0.1) is 0 Å². The molecular formula is C8H13NO3S2. The number of nitrogens with two attached hydrogens (primary N) is 1. The van der Waals surface area contributed by atoms with E-state index in [4.69, 9.17) is 10.3 Å². The molecule has 1 aromatic carbocycles. The van der Waals surface area contributed by atoms with Crippen LogP contribution in [0.5, 0.6) is 0 Å². The van der Waals surface area contributed by atoms with E-state index >= 15 is 0 Å².